The first-order valence-corrected chi connectivity index (χ1v) is 5.37. The molecule has 0 bridgehead atoms. The topological polar surface area (TPSA) is 3.24 Å². The van der Waals surface area contributed by atoms with Crippen LogP contribution in [0.4, 0.5) is 5.69 Å². The van der Waals surface area contributed by atoms with Crippen LogP contribution < -0.4 is 4.90 Å². The molecular formula is C12H16ClN. The second-order valence-corrected chi connectivity index (χ2v) is 3.31. The molecule has 0 aliphatic carbocycles. The lowest BCUT2D eigenvalue weighted by atomic mass is 10.2. The molecule has 0 aliphatic rings. The Labute approximate surface area is 91.0 Å². The molecule has 0 saturated carbocycles. The molecule has 0 amide bonds. The molecule has 1 aromatic carbocycles. The molecule has 0 spiro atoms. The highest BCUT2D eigenvalue weighted by molar-refractivity contribution is 6.27. The van der Waals surface area contributed by atoms with Crippen molar-refractivity contribution >= 4 is 23.4 Å². The fourth-order valence-electron chi connectivity index (χ4n) is 1.46. The van der Waals surface area contributed by atoms with Crippen molar-refractivity contribution in [2.24, 2.45) is 0 Å². The summed E-state index contributed by atoms with van der Waals surface area (Å²) < 4.78 is 0. The molecule has 0 radical (unpaired) electrons. The van der Waals surface area contributed by atoms with Crippen LogP contribution in [-0.4, -0.2) is 13.1 Å². The predicted molar refractivity (Wildman–Crippen MR) is 64.9 cm³/mol. The zero-order valence-electron chi connectivity index (χ0n) is 8.70. The number of anilines is 1. The molecule has 0 N–H and O–H groups in total. The smallest absolute Gasteiger partial charge is 0.0366 e. The molecule has 0 aromatic heterocycles. The van der Waals surface area contributed by atoms with Gasteiger partial charge in [-0.1, -0.05) is 23.7 Å². The van der Waals surface area contributed by atoms with Crippen molar-refractivity contribution in [1.29, 1.82) is 0 Å². The van der Waals surface area contributed by atoms with E-state index in [1.807, 2.05) is 6.08 Å². The van der Waals surface area contributed by atoms with Crippen LogP contribution in [0.2, 0.25) is 0 Å². The van der Waals surface area contributed by atoms with E-state index < -0.39 is 0 Å². The maximum atomic E-state index is 5.50. The third-order valence-corrected chi connectivity index (χ3v) is 2.40. The maximum Gasteiger partial charge on any atom is 0.0366 e. The summed E-state index contributed by atoms with van der Waals surface area (Å²) in [4.78, 5) is 2.31. The van der Waals surface area contributed by atoms with Crippen LogP contribution >= 0.6 is 11.6 Å². The Kier molecular flexibility index (Phi) is 4.54. The molecule has 0 atom stereocenters. The third-order valence-electron chi connectivity index (χ3n) is 2.28. The summed E-state index contributed by atoms with van der Waals surface area (Å²) in [7, 11) is 0. The molecule has 1 aromatic rings. The van der Waals surface area contributed by atoms with Gasteiger partial charge in [-0.05, 0) is 37.6 Å². The minimum absolute atomic E-state index is 1.04. The average molecular weight is 210 g/mol. The number of hydrogen-bond donors (Lipinski definition) is 0. The van der Waals surface area contributed by atoms with Crippen LogP contribution in [0.25, 0.3) is 6.08 Å². The molecule has 0 heterocycles. The summed E-state index contributed by atoms with van der Waals surface area (Å²) in [5.74, 6) is 0. The molecule has 14 heavy (non-hydrogen) atoms. The van der Waals surface area contributed by atoms with Crippen LogP contribution in [0.15, 0.2) is 29.8 Å². The van der Waals surface area contributed by atoms with Crippen molar-refractivity contribution in [2.75, 3.05) is 18.0 Å². The lowest BCUT2D eigenvalue weighted by molar-refractivity contribution is 0.866. The fraction of sp³-hybridized carbons (Fsp3) is 0.333. The van der Waals surface area contributed by atoms with Gasteiger partial charge in [0, 0.05) is 24.3 Å². The first-order chi connectivity index (χ1) is 6.81. The summed E-state index contributed by atoms with van der Waals surface area (Å²) in [6.07, 6.45) is 1.88. The molecule has 0 aliphatic heterocycles. The summed E-state index contributed by atoms with van der Waals surface area (Å²) in [6, 6.07) is 8.40. The van der Waals surface area contributed by atoms with Gasteiger partial charge in [-0.3, -0.25) is 0 Å². The van der Waals surface area contributed by atoms with E-state index in [0.717, 1.165) is 18.7 Å². The zero-order valence-corrected chi connectivity index (χ0v) is 9.46. The molecular weight excluding hydrogens is 194 g/mol. The van der Waals surface area contributed by atoms with Crippen LogP contribution in [-0.2, 0) is 0 Å². The van der Waals surface area contributed by atoms with E-state index in [2.05, 4.69) is 43.0 Å². The fourth-order valence-corrected chi connectivity index (χ4v) is 1.60. The molecule has 1 nitrogen and oxygen atoms in total. The number of nitrogens with zero attached hydrogens (tertiary/aromatic N) is 1. The van der Waals surface area contributed by atoms with Gasteiger partial charge in [-0.2, -0.15) is 0 Å². The van der Waals surface area contributed by atoms with E-state index in [0.29, 0.717) is 0 Å². The predicted octanol–water partition coefficient (Wildman–Crippen LogP) is 3.74. The highest BCUT2D eigenvalue weighted by Gasteiger charge is 1.99. The van der Waals surface area contributed by atoms with Crippen molar-refractivity contribution in [2.45, 2.75) is 13.8 Å². The van der Waals surface area contributed by atoms with Crippen molar-refractivity contribution in [1.82, 2.24) is 0 Å². The second-order valence-electron chi connectivity index (χ2n) is 3.06. The Morgan fingerprint density at radius 2 is 1.71 bits per heavy atom. The quantitative estimate of drug-likeness (QED) is 0.730. The van der Waals surface area contributed by atoms with Crippen LogP contribution in [0.3, 0.4) is 0 Å². The number of halogens is 1. The number of rotatable bonds is 4. The maximum absolute atomic E-state index is 5.50. The molecule has 1 rings (SSSR count). The highest BCUT2D eigenvalue weighted by atomic mass is 35.5. The van der Waals surface area contributed by atoms with Crippen molar-refractivity contribution in [3.8, 4) is 0 Å². The standard InChI is InChI=1S/C12H16ClN/c1-3-14(4-2)12-7-5-11(6-8-12)9-10-13/h5-10H,3-4H2,1-2H3. The lowest BCUT2D eigenvalue weighted by Gasteiger charge is -2.20. The molecule has 76 valence electrons. The minimum atomic E-state index is 1.04. The van der Waals surface area contributed by atoms with Crippen LogP contribution in [0, 0.1) is 0 Å². The van der Waals surface area contributed by atoms with Crippen molar-refractivity contribution < 1.29 is 0 Å². The molecule has 2 heteroatoms. The average Bonchev–Trinajstić information content (AvgIpc) is 2.23. The van der Waals surface area contributed by atoms with Gasteiger partial charge < -0.3 is 4.90 Å². The van der Waals surface area contributed by atoms with E-state index in [1.165, 1.54) is 11.2 Å². The van der Waals surface area contributed by atoms with Gasteiger partial charge in [0.05, 0.1) is 0 Å². The van der Waals surface area contributed by atoms with Crippen LogP contribution in [0.1, 0.15) is 19.4 Å². The molecule has 0 saturated heterocycles. The summed E-state index contributed by atoms with van der Waals surface area (Å²) in [5.41, 5.74) is 3.93. The van der Waals surface area contributed by atoms with E-state index in [-0.39, 0.29) is 0 Å². The van der Waals surface area contributed by atoms with Gasteiger partial charge in [0.2, 0.25) is 0 Å². The number of benzene rings is 1. The van der Waals surface area contributed by atoms with E-state index >= 15 is 0 Å². The Morgan fingerprint density at radius 1 is 1.14 bits per heavy atom. The normalized spacial score (nSPS) is 10.8. The van der Waals surface area contributed by atoms with Gasteiger partial charge in [-0.15, -0.1) is 0 Å². The lowest BCUT2D eigenvalue weighted by Crippen LogP contribution is -2.21. The highest BCUT2D eigenvalue weighted by Crippen LogP contribution is 2.15. The summed E-state index contributed by atoms with van der Waals surface area (Å²) >= 11 is 5.50. The van der Waals surface area contributed by atoms with Crippen molar-refractivity contribution in [3.63, 3.8) is 0 Å². The Balaban J connectivity index is 2.81. The first kappa shape index (κ1) is 11.1. The largest absolute Gasteiger partial charge is 0.372 e. The second kappa shape index (κ2) is 5.71. The van der Waals surface area contributed by atoms with Gasteiger partial charge in [0.1, 0.15) is 0 Å². The number of hydrogen-bond acceptors (Lipinski definition) is 1. The molecule has 0 fully saturated rings. The summed E-state index contributed by atoms with van der Waals surface area (Å²) in [6.45, 7) is 6.41. The Morgan fingerprint density at radius 3 is 2.14 bits per heavy atom. The van der Waals surface area contributed by atoms with E-state index in [1.54, 1.807) is 0 Å². The Bertz CT molecular complexity index is 286. The minimum Gasteiger partial charge on any atom is -0.372 e. The van der Waals surface area contributed by atoms with Crippen molar-refractivity contribution in [3.05, 3.63) is 35.4 Å². The van der Waals surface area contributed by atoms with Crippen LogP contribution in [0.5, 0.6) is 0 Å². The molecule has 0 unspecified atom stereocenters. The van der Waals surface area contributed by atoms with Gasteiger partial charge in [-0.25, -0.2) is 0 Å². The summed E-state index contributed by atoms with van der Waals surface area (Å²) in [5, 5.41) is 0. The van der Waals surface area contributed by atoms with Gasteiger partial charge in [0.15, 0.2) is 0 Å². The zero-order chi connectivity index (χ0) is 10.4. The first-order valence-electron chi connectivity index (χ1n) is 4.93. The van der Waals surface area contributed by atoms with Gasteiger partial charge in [0.25, 0.3) is 0 Å². The Hall–Kier alpha value is -0.950. The SMILES string of the molecule is CCN(CC)c1ccc(C=CCl)cc1. The monoisotopic (exact) mass is 209 g/mol. The van der Waals surface area contributed by atoms with Gasteiger partial charge >= 0.3 is 0 Å². The van der Waals surface area contributed by atoms with E-state index in [9.17, 15) is 0 Å². The third kappa shape index (κ3) is 2.78. The van der Waals surface area contributed by atoms with E-state index in [4.69, 9.17) is 11.6 Å².